The molecule has 1 saturated heterocycles. The van der Waals surface area contributed by atoms with Crippen molar-refractivity contribution in [3.63, 3.8) is 0 Å². The van der Waals surface area contributed by atoms with Crippen molar-refractivity contribution in [2.45, 2.75) is 39.1 Å². The quantitative estimate of drug-likeness (QED) is 0.848. The summed E-state index contributed by atoms with van der Waals surface area (Å²) >= 11 is 0. The maximum atomic E-state index is 11.4. The minimum Gasteiger partial charge on any atom is -0.380 e. The van der Waals surface area contributed by atoms with E-state index in [2.05, 4.69) is 19.9 Å². The Bertz CT molecular complexity index is 572. The first-order valence-corrected chi connectivity index (χ1v) is 7.69. The number of ether oxygens (including phenoxy) is 2. The van der Waals surface area contributed by atoms with Gasteiger partial charge in [0.05, 0.1) is 13.2 Å². The van der Waals surface area contributed by atoms with Crippen LogP contribution in [-0.4, -0.2) is 18.3 Å². The zero-order valence-corrected chi connectivity index (χ0v) is 13.2. The van der Waals surface area contributed by atoms with Gasteiger partial charge in [0, 0.05) is 5.56 Å². The van der Waals surface area contributed by atoms with Crippen LogP contribution < -0.4 is 0 Å². The second-order valence-electron chi connectivity index (χ2n) is 6.45. The standard InChI is InChI=1S/C18H24O3/c1-12-11-13(2)18(19,14(12)3)16-8-6-5-7-15(16)17(4)20-9-10-21-17/h5-8,11-12,14,19H,9-10H2,1-4H3. The van der Waals surface area contributed by atoms with Crippen LogP contribution in [0.1, 0.15) is 38.8 Å². The van der Waals surface area contributed by atoms with Crippen LogP contribution in [0, 0.1) is 11.8 Å². The topological polar surface area (TPSA) is 38.7 Å². The fourth-order valence-electron chi connectivity index (χ4n) is 3.74. The fraction of sp³-hybridized carbons (Fsp3) is 0.556. The zero-order chi connectivity index (χ0) is 15.3. The number of hydrogen-bond acceptors (Lipinski definition) is 3. The van der Waals surface area contributed by atoms with E-state index in [9.17, 15) is 5.11 Å². The molecule has 0 amide bonds. The number of hydrogen-bond donors (Lipinski definition) is 1. The molecule has 2 aliphatic rings. The summed E-state index contributed by atoms with van der Waals surface area (Å²) in [5.41, 5.74) is 1.89. The van der Waals surface area contributed by atoms with Gasteiger partial charge < -0.3 is 14.6 Å². The van der Waals surface area contributed by atoms with E-state index in [0.29, 0.717) is 19.1 Å². The Balaban J connectivity index is 2.14. The lowest BCUT2D eigenvalue weighted by Crippen LogP contribution is -2.37. The predicted molar refractivity (Wildman–Crippen MR) is 81.7 cm³/mol. The summed E-state index contributed by atoms with van der Waals surface area (Å²) in [5.74, 6) is -0.289. The Hall–Kier alpha value is -1.16. The normalized spacial score (nSPS) is 35.0. The van der Waals surface area contributed by atoms with Crippen molar-refractivity contribution in [3.8, 4) is 0 Å². The van der Waals surface area contributed by atoms with E-state index in [4.69, 9.17) is 9.47 Å². The Labute approximate surface area is 126 Å². The summed E-state index contributed by atoms with van der Waals surface area (Å²) < 4.78 is 11.6. The highest BCUT2D eigenvalue weighted by molar-refractivity contribution is 5.44. The van der Waals surface area contributed by atoms with E-state index in [0.717, 1.165) is 16.7 Å². The molecule has 1 fully saturated rings. The summed E-state index contributed by atoms with van der Waals surface area (Å²) in [6, 6.07) is 7.94. The summed E-state index contributed by atoms with van der Waals surface area (Å²) in [7, 11) is 0. The van der Waals surface area contributed by atoms with Crippen LogP contribution in [-0.2, 0) is 20.9 Å². The fourth-order valence-corrected chi connectivity index (χ4v) is 3.74. The number of benzene rings is 1. The van der Waals surface area contributed by atoms with Gasteiger partial charge in [0.1, 0.15) is 5.60 Å². The average Bonchev–Trinajstić information content (AvgIpc) is 3.00. The maximum Gasteiger partial charge on any atom is 0.192 e. The molecule has 0 spiro atoms. The van der Waals surface area contributed by atoms with E-state index < -0.39 is 11.4 Å². The molecule has 1 aliphatic carbocycles. The lowest BCUT2D eigenvalue weighted by molar-refractivity contribution is -0.152. The molecule has 1 N–H and O–H groups in total. The van der Waals surface area contributed by atoms with Gasteiger partial charge in [-0.05, 0) is 36.8 Å². The molecule has 3 heteroatoms. The summed E-state index contributed by atoms with van der Waals surface area (Å²) in [5, 5.41) is 11.4. The van der Waals surface area contributed by atoms with Crippen LogP contribution in [0.25, 0.3) is 0 Å². The summed E-state index contributed by atoms with van der Waals surface area (Å²) in [4.78, 5) is 0. The van der Waals surface area contributed by atoms with Gasteiger partial charge in [-0.25, -0.2) is 0 Å². The number of rotatable bonds is 2. The van der Waals surface area contributed by atoms with Gasteiger partial charge in [-0.15, -0.1) is 0 Å². The molecule has 1 aromatic carbocycles. The maximum absolute atomic E-state index is 11.4. The molecule has 21 heavy (non-hydrogen) atoms. The highest BCUT2D eigenvalue weighted by Gasteiger charge is 2.48. The first-order valence-electron chi connectivity index (χ1n) is 7.69. The van der Waals surface area contributed by atoms with Crippen LogP contribution in [0.15, 0.2) is 35.9 Å². The minimum absolute atomic E-state index is 0.128. The average molecular weight is 288 g/mol. The van der Waals surface area contributed by atoms with Crippen molar-refractivity contribution >= 4 is 0 Å². The van der Waals surface area contributed by atoms with Crippen molar-refractivity contribution in [1.82, 2.24) is 0 Å². The molecule has 114 valence electrons. The number of allylic oxidation sites excluding steroid dienone is 1. The van der Waals surface area contributed by atoms with E-state index >= 15 is 0 Å². The van der Waals surface area contributed by atoms with Gasteiger partial charge >= 0.3 is 0 Å². The SMILES string of the molecule is CC1=CC(C)C(C)C1(O)c1ccccc1C1(C)OCCO1. The molecular formula is C18H24O3. The molecule has 3 nitrogen and oxygen atoms in total. The van der Waals surface area contributed by atoms with E-state index in [-0.39, 0.29) is 5.92 Å². The molecule has 3 unspecified atom stereocenters. The van der Waals surface area contributed by atoms with Crippen molar-refractivity contribution in [2.24, 2.45) is 11.8 Å². The highest BCUT2D eigenvalue weighted by Crippen LogP contribution is 2.49. The van der Waals surface area contributed by atoms with Crippen LogP contribution in [0.5, 0.6) is 0 Å². The van der Waals surface area contributed by atoms with Gasteiger partial charge in [0.2, 0.25) is 0 Å². The molecule has 0 bridgehead atoms. The number of aliphatic hydroxyl groups is 1. The molecule has 0 saturated carbocycles. The smallest absolute Gasteiger partial charge is 0.192 e. The third kappa shape index (κ3) is 2.07. The zero-order valence-electron chi connectivity index (χ0n) is 13.2. The predicted octanol–water partition coefficient (Wildman–Crippen LogP) is 3.33. The van der Waals surface area contributed by atoms with Gasteiger partial charge in [0.15, 0.2) is 5.79 Å². The summed E-state index contributed by atoms with van der Waals surface area (Å²) in [6.45, 7) is 9.38. The van der Waals surface area contributed by atoms with E-state index in [1.54, 1.807) is 0 Å². The third-order valence-corrected chi connectivity index (χ3v) is 5.23. The Morgan fingerprint density at radius 2 is 1.67 bits per heavy atom. The first-order chi connectivity index (χ1) is 9.89. The lowest BCUT2D eigenvalue weighted by Gasteiger charge is -2.37. The largest absolute Gasteiger partial charge is 0.380 e. The van der Waals surface area contributed by atoms with Gasteiger partial charge in [-0.3, -0.25) is 0 Å². The lowest BCUT2D eigenvalue weighted by atomic mass is 9.76. The third-order valence-electron chi connectivity index (χ3n) is 5.23. The van der Waals surface area contributed by atoms with Crippen LogP contribution in [0.3, 0.4) is 0 Å². The van der Waals surface area contributed by atoms with Crippen LogP contribution >= 0.6 is 0 Å². The molecule has 3 atom stereocenters. The Morgan fingerprint density at radius 3 is 2.19 bits per heavy atom. The van der Waals surface area contributed by atoms with Crippen molar-refractivity contribution < 1.29 is 14.6 Å². The molecule has 1 aromatic rings. The Kier molecular flexibility index (Phi) is 3.47. The first kappa shape index (κ1) is 14.8. The van der Waals surface area contributed by atoms with E-state index in [1.807, 2.05) is 38.1 Å². The molecule has 0 aromatic heterocycles. The van der Waals surface area contributed by atoms with E-state index in [1.165, 1.54) is 0 Å². The van der Waals surface area contributed by atoms with Gasteiger partial charge in [0.25, 0.3) is 0 Å². The second-order valence-corrected chi connectivity index (χ2v) is 6.45. The monoisotopic (exact) mass is 288 g/mol. The molecule has 1 aliphatic heterocycles. The molecule has 3 rings (SSSR count). The van der Waals surface area contributed by atoms with Crippen molar-refractivity contribution in [3.05, 3.63) is 47.0 Å². The molecular weight excluding hydrogens is 264 g/mol. The van der Waals surface area contributed by atoms with Crippen molar-refractivity contribution in [2.75, 3.05) is 13.2 Å². The molecule has 1 heterocycles. The van der Waals surface area contributed by atoms with Crippen LogP contribution in [0.4, 0.5) is 0 Å². The second kappa shape index (κ2) is 4.94. The minimum atomic E-state index is -0.950. The van der Waals surface area contributed by atoms with Gasteiger partial charge in [-0.1, -0.05) is 44.2 Å². The summed E-state index contributed by atoms with van der Waals surface area (Å²) in [6.07, 6.45) is 2.17. The van der Waals surface area contributed by atoms with Crippen LogP contribution in [0.2, 0.25) is 0 Å². The van der Waals surface area contributed by atoms with Gasteiger partial charge in [-0.2, -0.15) is 0 Å². The van der Waals surface area contributed by atoms with Crippen molar-refractivity contribution in [1.29, 1.82) is 0 Å². The highest BCUT2D eigenvalue weighted by atomic mass is 16.7. The Morgan fingerprint density at radius 1 is 1.10 bits per heavy atom. The molecule has 0 radical (unpaired) electrons.